The van der Waals surface area contributed by atoms with Crippen LogP contribution in [0.1, 0.15) is 42.5 Å². The first-order valence-corrected chi connectivity index (χ1v) is 9.40. The fourth-order valence-electron chi connectivity index (χ4n) is 3.32. The second-order valence-corrected chi connectivity index (χ2v) is 6.78. The molecule has 0 aromatic heterocycles. The van der Waals surface area contributed by atoms with Crippen molar-refractivity contribution in [3.05, 3.63) is 60.2 Å². The van der Waals surface area contributed by atoms with E-state index in [2.05, 4.69) is 0 Å². The molecule has 2 aromatic rings. The highest BCUT2D eigenvalue weighted by molar-refractivity contribution is 5.94. The van der Waals surface area contributed by atoms with E-state index in [1.54, 1.807) is 36.2 Å². The zero-order chi connectivity index (χ0) is 19.1. The number of carbonyl (C=O) groups excluding carboxylic acids is 2. The Hall–Kier alpha value is -2.82. The van der Waals surface area contributed by atoms with Crippen LogP contribution >= 0.6 is 0 Å². The van der Waals surface area contributed by atoms with E-state index in [0.29, 0.717) is 17.1 Å². The number of hydrogen-bond donors (Lipinski definition) is 0. The Morgan fingerprint density at radius 2 is 1.63 bits per heavy atom. The van der Waals surface area contributed by atoms with Crippen molar-refractivity contribution in [3.63, 3.8) is 0 Å². The lowest BCUT2D eigenvalue weighted by Crippen LogP contribution is -2.40. The molecule has 0 atom stereocenters. The van der Waals surface area contributed by atoms with Crippen molar-refractivity contribution in [2.45, 2.75) is 38.1 Å². The van der Waals surface area contributed by atoms with Gasteiger partial charge in [-0.15, -0.1) is 0 Å². The Morgan fingerprint density at radius 3 is 2.37 bits per heavy atom. The molecule has 1 aliphatic rings. The van der Waals surface area contributed by atoms with Crippen molar-refractivity contribution in [2.75, 3.05) is 13.7 Å². The Kier molecular flexibility index (Phi) is 6.47. The molecule has 1 fully saturated rings. The minimum atomic E-state index is -0.563. The SMILES string of the molecule is CN(C(=O)COC(=O)c1ccccc1Oc1ccccc1)C1CCCCC1. The molecule has 27 heavy (non-hydrogen) atoms. The molecule has 0 bridgehead atoms. The normalized spacial score (nSPS) is 14.4. The molecule has 1 amide bonds. The molecule has 5 nitrogen and oxygen atoms in total. The first-order chi connectivity index (χ1) is 13.1. The summed E-state index contributed by atoms with van der Waals surface area (Å²) in [6.07, 6.45) is 5.55. The van der Waals surface area contributed by atoms with Crippen LogP contribution in [0.25, 0.3) is 0 Å². The van der Waals surface area contributed by atoms with E-state index in [9.17, 15) is 9.59 Å². The second-order valence-electron chi connectivity index (χ2n) is 6.78. The van der Waals surface area contributed by atoms with Crippen LogP contribution in [-0.4, -0.2) is 36.5 Å². The predicted molar refractivity (Wildman–Crippen MR) is 103 cm³/mol. The molecule has 1 aliphatic carbocycles. The lowest BCUT2D eigenvalue weighted by atomic mass is 9.94. The lowest BCUT2D eigenvalue weighted by molar-refractivity contribution is -0.135. The second kappa shape index (κ2) is 9.21. The highest BCUT2D eigenvalue weighted by atomic mass is 16.5. The monoisotopic (exact) mass is 367 g/mol. The van der Waals surface area contributed by atoms with Gasteiger partial charge in [-0.25, -0.2) is 4.79 Å². The number of carbonyl (C=O) groups is 2. The van der Waals surface area contributed by atoms with Crippen LogP contribution in [0.2, 0.25) is 0 Å². The van der Waals surface area contributed by atoms with Crippen molar-refractivity contribution in [1.82, 2.24) is 4.90 Å². The lowest BCUT2D eigenvalue weighted by Gasteiger charge is -2.31. The summed E-state index contributed by atoms with van der Waals surface area (Å²) in [5.41, 5.74) is 0.300. The van der Waals surface area contributed by atoms with Crippen molar-refractivity contribution >= 4 is 11.9 Å². The van der Waals surface area contributed by atoms with Crippen LogP contribution in [0.4, 0.5) is 0 Å². The number of nitrogens with zero attached hydrogens (tertiary/aromatic N) is 1. The fraction of sp³-hybridized carbons (Fsp3) is 0.364. The van der Waals surface area contributed by atoms with Gasteiger partial charge in [-0.05, 0) is 37.1 Å². The average Bonchev–Trinajstić information content (AvgIpc) is 2.73. The van der Waals surface area contributed by atoms with Crippen LogP contribution in [0.15, 0.2) is 54.6 Å². The Labute approximate surface area is 159 Å². The molecule has 0 saturated heterocycles. The molecule has 0 N–H and O–H groups in total. The summed E-state index contributed by atoms with van der Waals surface area (Å²) in [6.45, 7) is -0.258. The molecule has 142 valence electrons. The van der Waals surface area contributed by atoms with Gasteiger partial charge in [-0.2, -0.15) is 0 Å². The minimum absolute atomic E-state index is 0.170. The van der Waals surface area contributed by atoms with Crippen LogP contribution in [0.3, 0.4) is 0 Å². The van der Waals surface area contributed by atoms with E-state index in [0.717, 1.165) is 25.7 Å². The average molecular weight is 367 g/mol. The summed E-state index contributed by atoms with van der Waals surface area (Å²) in [6, 6.07) is 16.3. The van der Waals surface area contributed by atoms with Gasteiger partial charge in [0, 0.05) is 13.1 Å². The highest BCUT2D eigenvalue weighted by Crippen LogP contribution is 2.26. The van der Waals surface area contributed by atoms with Gasteiger partial charge in [0.15, 0.2) is 6.61 Å². The number of hydrogen-bond acceptors (Lipinski definition) is 4. The molecule has 0 heterocycles. The minimum Gasteiger partial charge on any atom is -0.456 e. The van der Waals surface area contributed by atoms with E-state index in [4.69, 9.17) is 9.47 Å². The largest absolute Gasteiger partial charge is 0.456 e. The molecular weight excluding hydrogens is 342 g/mol. The van der Waals surface area contributed by atoms with Crippen LogP contribution in [0.5, 0.6) is 11.5 Å². The maximum atomic E-state index is 12.5. The van der Waals surface area contributed by atoms with Crippen LogP contribution in [0, 0.1) is 0 Å². The van der Waals surface area contributed by atoms with E-state index >= 15 is 0 Å². The van der Waals surface area contributed by atoms with E-state index < -0.39 is 5.97 Å². The molecule has 5 heteroatoms. The Bertz CT molecular complexity index is 769. The number of esters is 1. The zero-order valence-corrected chi connectivity index (χ0v) is 15.6. The maximum Gasteiger partial charge on any atom is 0.342 e. The third kappa shape index (κ3) is 5.09. The molecule has 0 aliphatic heterocycles. The van der Waals surface area contributed by atoms with Gasteiger partial charge in [0.25, 0.3) is 5.91 Å². The molecular formula is C22H25NO4. The smallest absolute Gasteiger partial charge is 0.342 e. The number of rotatable bonds is 6. The molecule has 0 radical (unpaired) electrons. The maximum absolute atomic E-state index is 12.5. The number of para-hydroxylation sites is 2. The standard InChI is InChI=1S/C22H25NO4/c1-23(17-10-4-2-5-11-17)21(24)16-26-22(25)19-14-8-9-15-20(19)27-18-12-6-3-7-13-18/h3,6-9,12-15,17H,2,4-5,10-11,16H2,1H3. The van der Waals surface area contributed by atoms with E-state index in [1.165, 1.54) is 6.42 Å². The number of ether oxygens (including phenoxy) is 2. The van der Waals surface area contributed by atoms with Gasteiger partial charge in [-0.3, -0.25) is 4.79 Å². The molecule has 3 rings (SSSR count). The van der Waals surface area contributed by atoms with Gasteiger partial charge in [0.2, 0.25) is 0 Å². The van der Waals surface area contributed by atoms with Crippen molar-refractivity contribution in [1.29, 1.82) is 0 Å². The summed E-state index contributed by atoms with van der Waals surface area (Å²) in [5, 5.41) is 0. The molecule has 2 aromatic carbocycles. The summed E-state index contributed by atoms with van der Waals surface area (Å²) in [5.74, 6) is 0.302. The highest BCUT2D eigenvalue weighted by Gasteiger charge is 2.23. The fourth-order valence-corrected chi connectivity index (χ4v) is 3.32. The van der Waals surface area contributed by atoms with E-state index in [1.807, 2.05) is 30.3 Å². The first kappa shape index (κ1) is 19.0. The van der Waals surface area contributed by atoms with Crippen molar-refractivity contribution < 1.29 is 19.1 Å². The van der Waals surface area contributed by atoms with Crippen LogP contribution < -0.4 is 4.74 Å². The summed E-state index contributed by atoms with van der Waals surface area (Å²) in [4.78, 5) is 26.6. The molecule has 1 saturated carbocycles. The Balaban J connectivity index is 1.60. The number of benzene rings is 2. The third-order valence-corrected chi connectivity index (χ3v) is 4.92. The summed E-state index contributed by atoms with van der Waals surface area (Å²) in [7, 11) is 1.79. The van der Waals surface area contributed by atoms with Gasteiger partial charge >= 0.3 is 5.97 Å². The van der Waals surface area contributed by atoms with Crippen molar-refractivity contribution in [3.8, 4) is 11.5 Å². The molecule has 0 spiro atoms. The van der Waals surface area contributed by atoms with E-state index in [-0.39, 0.29) is 18.6 Å². The van der Waals surface area contributed by atoms with Gasteiger partial charge < -0.3 is 14.4 Å². The predicted octanol–water partition coefficient (Wildman–Crippen LogP) is 4.43. The Morgan fingerprint density at radius 1 is 0.963 bits per heavy atom. The topological polar surface area (TPSA) is 55.8 Å². The van der Waals surface area contributed by atoms with Gasteiger partial charge in [-0.1, -0.05) is 49.6 Å². The summed E-state index contributed by atoms with van der Waals surface area (Å²) < 4.78 is 11.1. The van der Waals surface area contributed by atoms with Gasteiger partial charge in [0.1, 0.15) is 17.1 Å². The zero-order valence-electron chi connectivity index (χ0n) is 15.6. The van der Waals surface area contributed by atoms with Crippen molar-refractivity contribution in [2.24, 2.45) is 0 Å². The molecule has 0 unspecified atom stereocenters. The summed E-state index contributed by atoms with van der Waals surface area (Å²) >= 11 is 0. The quantitative estimate of drug-likeness (QED) is 0.709. The first-order valence-electron chi connectivity index (χ1n) is 9.40. The van der Waals surface area contributed by atoms with Crippen LogP contribution in [-0.2, 0) is 9.53 Å². The van der Waals surface area contributed by atoms with Gasteiger partial charge in [0.05, 0.1) is 0 Å². The number of likely N-dealkylation sites (N-methyl/N-ethyl adjacent to an activating group) is 1. The third-order valence-electron chi connectivity index (χ3n) is 4.92. The number of amides is 1.